The van der Waals surface area contributed by atoms with Gasteiger partial charge in [0.05, 0.1) is 0 Å². The van der Waals surface area contributed by atoms with Crippen LogP contribution in [-0.2, 0) is 0 Å². The minimum absolute atomic E-state index is 0.648. The molecule has 0 fully saturated rings. The summed E-state index contributed by atoms with van der Waals surface area (Å²) in [5, 5.41) is 2.07. The third-order valence-electron chi connectivity index (χ3n) is 9.93. The molecule has 0 amide bonds. The third kappa shape index (κ3) is 4.56. The molecule has 0 bridgehead atoms. The van der Waals surface area contributed by atoms with Gasteiger partial charge in [-0.25, -0.2) is 4.98 Å². The summed E-state index contributed by atoms with van der Waals surface area (Å²) < 4.78 is 6.29. The number of benzene rings is 7. The lowest BCUT2D eigenvalue weighted by atomic mass is 9.81. The van der Waals surface area contributed by atoms with E-state index in [0.717, 1.165) is 33.4 Å². The smallest absolute Gasteiger partial charge is 0.227 e. The number of pyridine rings is 1. The Morgan fingerprint density at radius 3 is 1.50 bits per heavy atom. The van der Waals surface area contributed by atoms with E-state index < -0.39 is 0 Å². The van der Waals surface area contributed by atoms with Crippen LogP contribution in [-0.4, -0.2) is 4.98 Å². The molecule has 3 heteroatoms. The number of rotatable bonds is 4. The van der Waals surface area contributed by atoms with Crippen molar-refractivity contribution in [2.75, 3.05) is 4.90 Å². The van der Waals surface area contributed by atoms with E-state index in [9.17, 15) is 0 Å². The van der Waals surface area contributed by atoms with Crippen LogP contribution in [0.15, 0.2) is 187 Å². The summed E-state index contributed by atoms with van der Waals surface area (Å²) in [5.74, 6) is 0. The number of anilines is 3. The number of furan rings is 1. The highest BCUT2D eigenvalue weighted by atomic mass is 16.3. The molecule has 3 nitrogen and oxygen atoms in total. The lowest BCUT2D eigenvalue weighted by Gasteiger charge is -2.28. The molecule has 50 heavy (non-hydrogen) atoms. The molecule has 1 aliphatic carbocycles. The Balaban J connectivity index is 1.20. The molecule has 0 saturated carbocycles. The SMILES string of the molecule is c1ccc(-c2ccc(N(c3ccc4c(c3)-c3ccccc3-c3ccccc3-c3ccccc3-4)c3ccc4c(c3)oc3ncccc34)cc2)cc1. The van der Waals surface area contributed by atoms with E-state index in [-0.39, 0.29) is 0 Å². The van der Waals surface area contributed by atoms with Crippen molar-refractivity contribution in [1.29, 1.82) is 0 Å². The van der Waals surface area contributed by atoms with E-state index in [1.165, 1.54) is 55.6 Å². The Bertz CT molecular complexity index is 2700. The number of fused-ring (bicyclic) bond motifs is 11. The second-order valence-electron chi connectivity index (χ2n) is 12.8. The first-order chi connectivity index (χ1) is 24.8. The van der Waals surface area contributed by atoms with Crippen LogP contribution in [0.4, 0.5) is 17.1 Å². The molecule has 1 aliphatic rings. The van der Waals surface area contributed by atoms with Gasteiger partial charge in [-0.05, 0) is 104 Å². The quantitative estimate of drug-likeness (QED) is 0.192. The Morgan fingerprint density at radius 2 is 0.860 bits per heavy atom. The molecular weight excluding hydrogens is 609 g/mol. The van der Waals surface area contributed by atoms with Gasteiger partial charge in [-0.2, -0.15) is 0 Å². The predicted octanol–water partition coefficient (Wildman–Crippen LogP) is 13.1. The maximum atomic E-state index is 6.29. The molecule has 234 valence electrons. The van der Waals surface area contributed by atoms with Crippen LogP contribution >= 0.6 is 0 Å². The molecule has 10 rings (SSSR count). The number of hydrogen-bond donors (Lipinski definition) is 0. The van der Waals surface area contributed by atoms with Crippen molar-refractivity contribution in [3.8, 4) is 55.6 Å². The van der Waals surface area contributed by atoms with Crippen molar-refractivity contribution in [2.24, 2.45) is 0 Å². The fourth-order valence-corrected chi connectivity index (χ4v) is 7.61. The second-order valence-corrected chi connectivity index (χ2v) is 12.8. The normalized spacial score (nSPS) is 11.6. The van der Waals surface area contributed by atoms with Gasteiger partial charge in [-0.15, -0.1) is 0 Å². The van der Waals surface area contributed by atoms with Crippen molar-refractivity contribution in [1.82, 2.24) is 4.98 Å². The summed E-state index contributed by atoms with van der Waals surface area (Å²) in [5.41, 5.74) is 16.8. The molecule has 2 aromatic heterocycles. The van der Waals surface area contributed by atoms with Crippen molar-refractivity contribution < 1.29 is 4.42 Å². The fourth-order valence-electron chi connectivity index (χ4n) is 7.61. The van der Waals surface area contributed by atoms with Crippen molar-refractivity contribution in [3.63, 3.8) is 0 Å². The van der Waals surface area contributed by atoms with Crippen molar-refractivity contribution in [3.05, 3.63) is 182 Å². The van der Waals surface area contributed by atoms with Gasteiger partial charge in [0.1, 0.15) is 5.58 Å². The topological polar surface area (TPSA) is 29.3 Å². The van der Waals surface area contributed by atoms with E-state index in [4.69, 9.17) is 4.42 Å². The van der Waals surface area contributed by atoms with E-state index >= 15 is 0 Å². The molecule has 2 heterocycles. The largest absolute Gasteiger partial charge is 0.438 e. The third-order valence-corrected chi connectivity index (χ3v) is 9.93. The predicted molar refractivity (Wildman–Crippen MR) is 207 cm³/mol. The van der Waals surface area contributed by atoms with Gasteiger partial charge in [0.25, 0.3) is 0 Å². The average molecular weight is 639 g/mol. The zero-order valence-corrected chi connectivity index (χ0v) is 27.1. The summed E-state index contributed by atoms with van der Waals surface area (Å²) in [6.45, 7) is 0. The maximum Gasteiger partial charge on any atom is 0.227 e. The first-order valence-corrected chi connectivity index (χ1v) is 17.0. The van der Waals surface area contributed by atoms with Crippen LogP contribution in [0.1, 0.15) is 0 Å². The first kappa shape index (κ1) is 28.3. The second kappa shape index (κ2) is 11.5. The van der Waals surface area contributed by atoms with Crippen LogP contribution in [0, 0.1) is 0 Å². The average Bonchev–Trinajstić information content (AvgIpc) is 3.56. The number of hydrogen-bond acceptors (Lipinski definition) is 3. The van der Waals surface area contributed by atoms with Gasteiger partial charge in [-0.3, -0.25) is 0 Å². The summed E-state index contributed by atoms with van der Waals surface area (Å²) in [6.07, 6.45) is 1.78. The monoisotopic (exact) mass is 638 g/mol. The van der Waals surface area contributed by atoms with Crippen molar-refractivity contribution in [2.45, 2.75) is 0 Å². The van der Waals surface area contributed by atoms with Crippen LogP contribution in [0.2, 0.25) is 0 Å². The van der Waals surface area contributed by atoms with E-state index in [1.807, 2.05) is 6.07 Å². The van der Waals surface area contributed by atoms with Crippen LogP contribution in [0.25, 0.3) is 77.7 Å². The zero-order valence-electron chi connectivity index (χ0n) is 27.1. The van der Waals surface area contributed by atoms with Gasteiger partial charge >= 0.3 is 0 Å². The van der Waals surface area contributed by atoms with E-state index in [1.54, 1.807) is 6.20 Å². The van der Waals surface area contributed by atoms with Gasteiger partial charge in [0, 0.05) is 40.1 Å². The van der Waals surface area contributed by atoms with Crippen LogP contribution < -0.4 is 4.90 Å². The molecule has 0 atom stereocenters. The van der Waals surface area contributed by atoms with Crippen LogP contribution in [0.3, 0.4) is 0 Å². The zero-order chi connectivity index (χ0) is 33.0. The number of aromatic nitrogens is 1. The van der Waals surface area contributed by atoms with Gasteiger partial charge in [0.2, 0.25) is 5.71 Å². The molecule has 0 saturated heterocycles. The lowest BCUT2D eigenvalue weighted by molar-refractivity contribution is 0.654. The Hall–Kier alpha value is -6.71. The maximum absolute atomic E-state index is 6.29. The fraction of sp³-hybridized carbons (Fsp3) is 0. The highest BCUT2D eigenvalue weighted by Gasteiger charge is 2.24. The van der Waals surface area contributed by atoms with Gasteiger partial charge < -0.3 is 9.32 Å². The highest BCUT2D eigenvalue weighted by Crippen LogP contribution is 2.49. The summed E-state index contributed by atoms with van der Waals surface area (Å²) in [6, 6.07) is 63.1. The van der Waals surface area contributed by atoms with Crippen molar-refractivity contribution >= 4 is 39.1 Å². The minimum atomic E-state index is 0.648. The van der Waals surface area contributed by atoms with Crippen LogP contribution in [0.5, 0.6) is 0 Å². The molecular formula is C47H30N2O. The van der Waals surface area contributed by atoms with E-state index in [2.05, 4.69) is 180 Å². The van der Waals surface area contributed by atoms with E-state index in [0.29, 0.717) is 5.71 Å². The molecule has 9 aromatic rings. The Morgan fingerprint density at radius 1 is 0.360 bits per heavy atom. The molecule has 0 radical (unpaired) electrons. The van der Waals surface area contributed by atoms with Gasteiger partial charge in [-0.1, -0.05) is 121 Å². The molecule has 0 aliphatic heterocycles. The molecule has 0 N–H and O–H groups in total. The van der Waals surface area contributed by atoms with Gasteiger partial charge in [0.15, 0.2) is 0 Å². The number of nitrogens with zero attached hydrogens (tertiary/aromatic N) is 2. The minimum Gasteiger partial charge on any atom is -0.438 e. The molecule has 7 aromatic carbocycles. The summed E-state index contributed by atoms with van der Waals surface area (Å²) in [4.78, 5) is 6.82. The molecule has 0 unspecified atom stereocenters. The first-order valence-electron chi connectivity index (χ1n) is 17.0. The Kier molecular flexibility index (Phi) is 6.49. The highest BCUT2D eigenvalue weighted by molar-refractivity contribution is 6.06. The summed E-state index contributed by atoms with van der Waals surface area (Å²) in [7, 11) is 0. The lowest BCUT2D eigenvalue weighted by Crippen LogP contribution is -2.10. The molecule has 0 spiro atoms. The summed E-state index contributed by atoms with van der Waals surface area (Å²) >= 11 is 0. The standard InChI is InChI=1S/C47H30N2O/c1-2-11-31(12-3-1)32-20-22-33(23-21-32)49(35-25-27-43-44-19-10-28-48-47(44)50-46(43)30-35)34-24-26-42-40-17-7-6-15-38(40)36-13-4-5-14-37(36)39-16-8-9-18-41(39)45(42)29-34/h1-30H. The Labute approximate surface area is 290 Å².